The maximum atomic E-state index is 5.64. The number of hydrogen-bond acceptors (Lipinski definition) is 5. The molecule has 1 aromatic carbocycles. The zero-order valence-electron chi connectivity index (χ0n) is 11.0. The Hall–Kier alpha value is -2.30. The van der Waals surface area contributed by atoms with E-state index >= 15 is 0 Å². The van der Waals surface area contributed by atoms with Crippen molar-refractivity contribution >= 4 is 11.6 Å². The van der Waals surface area contributed by atoms with Gasteiger partial charge < -0.3 is 15.8 Å². The molecular weight excluding hydrogens is 240 g/mol. The van der Waals surface area contributed by atoms with Crippen molar-refractivity contribution in [3.63, 3.8) is 0 Å². The van der Waals surface area contributed by atoms with E-state index in [1.807, 2.05) is 24.3 Å². The fraction of sp³-hybridized carbons (Fsp3) is 0.286. The molecule has 0 aliphatic rings. The second-order valence-electron chi connectivity index (χ2n) is 4.16. The van der Waals surface area contributed by atoms with E-state index in [1.54, 1.807) is 12.3 Å². The summed E-state index contributed by atoms with van der Waals surface area (Å²) < 4.78 is 5.46. The van der Waals surface area contributed by atoms with Crippen LogP contribution in [-0.2, 0) is 6.54 Å². The first-order chi connectivity index (χ1) is 9.28. The summed E-state index contributed by atoms with van der Waals surface area (Å²) in [5.41, 5.74) is 7.52. The third kappa shape index (κ3) is 4.13. The molecule has 2 rings (SSSR count). The summed E-state index contributed by atoms with van der Waals surface area (Å²) in [5, 5.41) is 3.15. The molecule has 0 bridgehead atoms. The van der Waals surface area contributed by atoms with E-state index in [0.29, 0.717) is 25.0 Å². The van der Waals surface area contributed by atoms with E-state index < -0.39 is 0 Å². The van der Waals surface area contributed by atoms with Gasteiger partial charge in [0.2, 0.25) is 11.8 Å². The summed E-state index contributed by atoms with van der Waals surface area (Å²) in [5.74, 6) is 1.15. The molecule has 5 nitrogen and oxygen atoms in total. The van der Waals surface area contributed by atoms with Crippen LogP contribution in [0.1, 0.15) is 18.9 Å². The Morgan fingerprint density at radius 2 is 2.00 bits per heavy atom. The minimum Gasteiger partial charge on any atom is -0.478 e. The van der Waals surface area contributed by atoms with Gasteiger partial charge in [0.1, 0.15) is 0 Å². The van der Waals surface area contributed by atoms with Crippen molar-refractivity contribution in [1.82, 2.24) is 9.97 Å². The van der Waals surface area contributed by atoms with Crippen LogP contribution in [0.3, 0.4) is 0 Å². The van der Waals surface area contributed by atoms with Crippen molar-refractivity contribution in [2.75, 3.05) is 17.7 Å². The summed E-state index contributed by atoms with van der Waals surface area (Å²) in [7, 11) is 0. The first-order valence-corrected chi connectivity index (χ1v) is 6.32. The number of hydrogen-bond donors (Lipinski definition) is 2. The normalized spacial score (nSPS) is 10.2. The van der Waals surface area contributed by atoms with Gasteiger partial charge in [-0.3, -0.25) is 0 Å². The van der Waals surface area contributed by atoms with Crippen LogP contribution in [0.2, 0.25) is 0 Å². The highest BCUT2D eigenvalue weighted by Crippen LogP contribution is 2.11. The van der Waals surface area contributed by atoms with Crippen molar-refractivity contribution in [3.05, 3.63) is 42.1 Å². The average Bonchev–Trinajstić information content (AvgIpc) is 2.45. The van der Waals surface area contributed by atoms with Gasteiger partial charge in [-0.1, -0.05) is 19.1 Å². The van der Waals surface area contributed by atoms with Gasteiger partial charge in [0.15, 0.2) is 0 Å². The molecule has 3 N–H and O–H groups in total. The largest absolute Gasteiger partial charge is 0.478 e. The Morgan fingerprint density at radius 1 is 1.21 bits per heavy atom. The number of rotatable bonds is 6. The SMILES string of the molecule is CCCOc1ccnc(NCc2ccc(N)cc2)n1. The van der Waals surface area contributed by atoms with Crippen LogP contribution in [0.15, 0.2) is 36.5 Å². The van der Waals surface area contributed by atoms with Gasteiger partial charge in [-0.25, -0.2) is 4.98 Å². The van der Waals surface area contributed by atoms with Gasteiger partial charge in [0.25, 0.3) is 0 Å². The molecule has 1 heterocycles. The number of nitrogens with two attached hydrogens (primary N) is 1. The molecule has 0 aliphatic heterocycles. The number of anilines is 2. The maximum Gasteiger partial charge on any atom is 0.226 e. The molecule has 19 heavy (non-hydrogen) atoms. The second kappa shape index (κ2) is 6.58. The number of nitrogen functional groups attached to an aromatic ring is 1. The molecule has 100 valence electrons. The zero-order valence-corrected chi connectivity index (χ0v) is 11.0. The van der Waals surface area contributed by atoms with E-state index in [9.17, 15) is 0 Å². The quantitative estimate of drug-likeness (QED) is 0.779. The summed E-state index contributed by atoms with van der Waals surface area (Å²) in [6, 6.07) is 9.45. The molecule has 0 aliphatic carbocycles. The minimum absolute atomic E-state index is 0.561. The van der Waals surface area contributed by atoms with E-state index in [0.717, 1.165) is 17.7 Å². The summed E-state index contributed by atoms with van der Waals surface area (Å²) in [4.78, 5) is 8.43. The standard InChI is InChI=1S/C14H18N4O/c1-2-9-19-13-7-8-16-14(18-13)17-10-11-3-5-12(15)6-4-11/h3-8H,2,9-10,15H2,1H3,(H,16,17,18). The van der Waals surface area contributed by atoms with Crippen molar-refractivity contribution in [2.24, 2.45) is 0 Å². The highest BCUT2D eigenvalue weighted by molar-refractivity contribution is 5.40. The highest BCUT2D eigenvalue weighted by atomic mass is 16.5. The Balaban J connectivity index is 1.93. The number of nitrogens with one attached hydrogen (secondary N) is 1. The van der Waals surface area contributed by atoms with Crippen molar-refractivity contribution in [3.8, 4) is 5.88 Å². The average molecular weight is 258 g/mol. The second-order valence-corrected chi connectivity index (χ2v) is 4.16. The highest BCUT2D eigenvalue weighted by Gasteiger charge is 2.00. The lowest BCUT2D eigenvalue weighted by Crippen LogP contribution is -2.05. The minimum atomic E-state index is 0.561. The van der Waals surface area contributed by atoms with E-state index in [-0.39, 0.29) is 0 Å². The van der Waals surface area contributed by atoms with E-state index in [2.05, 4.69) is 22.2 Å². The summed E-state index contributed by atoms with van der Waals surface area (Å²) in [6.45, 7) is 3.37. The topological polar surface area (TPSA) is 73.1 Å². The monoisotopic (exact) mass is 258 g/mol. The first kappa shape index (κ1) is 13.1. The van der Waals surface area contributed by atoms with Crippen LogP contribution >= 0.6 is 0 Å². The van der Waals surface area contributed by atoms with Gasteiger partial charge >= 0.3 is 0 Å². The molecule has 2 aromatic rings. The van der Waals surface area contributed by atoms with E-state index in [1.165, 1.54) is 0 Å². The molecule has 0 radical (unpaired) electrons. The molecule has 0 saturated heterocycles. The lowest BCUT2D eigenvalue weighted by Gasteiger charge is -2.07. The van der Waals surface area contributed by atoms with Crippen molar-refractivity contribution in [2.45, 2.75) is 19.9 Å². The molecule has 0 fully saturated rings. The number of benzene rings is 1. The fourth-order valence-corrected chi connectivity index (χ4v) is 1.53. The third-order valence-corrected chi connectivity index (χ3v) is 2.51. The number of ether oxygens (including phenoxy) is 1. The van der Waals surface area contributed by atoms with Gasteiger partial charge in [-0.15, -0.1) is 0 Å². The van der Waals surface area contributed by atoms with Crippen molar-refractivity contribution in [1.29, 1.82) is 0 Å². The van der Waals surface area contributed by atoms with Crippen LogP contribution in [0.5, 0.6) is 5.88 Å². The zero-order chi connectivity index (χ0) is 13.5. The van der Waals surface area contributed by atoms with Crippen LogP contribution in [0.25, 0.3) is 0 Å². The third-order valence-electron chi connectivity index (χ3n) is 2.51. The molecule has 0 atom stereocenters. The van der Waals surface area contributed by atoms with Crippen LogP contribution in [0, 0.1) is 0 Å². The predicted octanol–water partition coefficient (Wildman–Crippen LogP) is 2.46. The molecule has 0 spiro atoms. The van der Waals surface area contributed by atoms with Crippen LogP contribution < -0.4 is 15.8 Å². The van der Waals surface area contributed by atoms with Crippen LogP contribution in [0.4, 0.5) is 11.6 Å². The number of nitrogens with zero attached hydrogens (tertiary/aromatic N) is 2. The number of aromatic nitrogens is 2. The molecule has 1 aromatic heterocycles. The van der Waals surface area contributed by atoms with Gasteiger partial charge in [-0.05, 0) is 24.1 Å². The van der Waals surface area contributed by atoms with Gasteiger partial charge in [-0.2, -0.15) is 4.98 Å². The maximum absolute atomic E-state index is 5.64. The fourth-order valence-electron chi connectivity index (χ4n) is 1.53. The van der Waals surface area contributed by atoms with Crippen molar-refractivity contribution < 1.29 is 4.74 Å². The molecule has 0 amide bonds. The molecule has 0 unspecified atom stereocenters. The predicted molar refractivity (Wildman–Crippen MR) is 76.0 cm³/mol. The first-order valence-electron chi connectivity index (χ1n) is 6.32. The Kier molecular flexibility index (Phi) is 4.55. The Labute approximate surface area is 112 Å². The van der Waals surface area contributed by atoms with Gasteiger partial charge in [0, 0.05) is 24.5 Å². The lowest BCUT2D eigenvalue weighted by molar-refractivity contribution is 0.305. The van der Waals surface area contributed by atoms with E-state index in [4.69, 9.17) is 10.5 Å². The summed E-state index contributed by atoms with van der Waals surface area (Å²) in [6.07, 6.45) is 2.64. The Bertz CT molecular complexity index is 513. The Morgan fingerprint density at radius 3 is 2.74 bits per heavy atom. The smallest absolute Gasteiger partial charge is 0.226 e. The van der Waals surface area contributed by atoms with Crippen LogP contribution in [-0.4, -0.2) is 16.6 Å². The summed E-state index contributed by atoms with van der Waals surface area (Å²) >= 11 is 0. The lowest BCUT2D eigenvalue weighted by atomic mass is 10.2. The molecule has 5 heteroatoms. The molecular formula is C14H18N4O. The van der Waals surface area contributed by atoms with Gasteiger partial charge in [0.05, 0.1) is 6.61 Å². The molecule has 0 saturated carbocycles.